The number of carbonyl (C=O) groups excluding carboxylic acids is 1. The van der Waals surface area contributed by atoms with Crippen LogP contribution < -0.4 is 5.32 Å². The average Bonchev–Trinajstić information content (AvgIpc) is 2.09. The van der Waals surface area contributed by atoms with E-state index in [0.29, 0.717) is 5.69 Å². The predicted molar refractivity (Wildman–Crippen MR) is 48.9 cm³/mol. The van der Waals surface area contributed by atoms with Crippen molar-refractivity contribution in [2.75, 3.05) is 12.4 Å². The second-order valence-electron chi connectivity index (χ2n) is 2.62. The quantitative estimate of drug-likeness (QED) is 0.650. The maximum atomic E-state index is 10.8. The Hall–Kier alpha value is -1.71. The number of methoxy groups -OCH3 is 1. The first-order valence-corrected chi connectivity index (χ1v) is 3.78. The molecule has 0 saturated carbocycles. The summed E-state index contributed by atoms with van der Waals surface area (Å²) in [5.41, 5.74) is 1.41. The van der Waals surface area contributed by atoms with Gasteiger partial charge in [0.15, 0.2) is 0 Å². The van der Waals surface area contributed by atoms with Crippen molar-refractivity contribution in [1.82, 2.24) is 0 Å². The van der Waals surface area contributed by atoms with Gasteiger partial charge in [0.05, 0.1) is 7.11 Å². The molecule has 1 aromatic carbocycles. The third kappa shape index (κ3) is 2.37. The van der Waals surface area contributed by atoms with E-state index < -0.39 is 6.09 Å². The van der Waals surface area contributed by atoms with Gasteiger partial charge in [-0.3, -0.25) is 5.32 Å². The van der Waals surface area contributed by atoms with E-state index in [-0.39, 0.29) is 5.75 Å². The zero-order valence-corrected chi connectivity index (χ0v) is 7.50. The van der Waals surface area contributed by atoms with Crippen molar-refractivity contribution in [3.63, 3.8) is 0 Å². The Balaban J connectivity index is 2.83. The molecule has 0 aliphatic heterocycles. The number of hydrogen-bond acceptors (Lipinski definition) is 3. The monoisotopic (exact) mass is 181 g/mol. The second-order valence-corrected chi connectivity index (χ2v) is 2.62. The number of carbonyl (C=O) groups is 1. The van der Waals surface area contributed by atoms with Crippen molar-refractivity contribution in [3.05, 3.63) is 23.8 Å². The Morgan fingerprint density at radius 2 is 2.23 bits per heavy atom. The molecule has 0 fully saturated rings. The van der Waals surface area contributed by atoms with Crippen molar-refractivity contribution in [2.45, 2.75) is 6.92 Å². The van der Waals surface area contributed by atoms with Gasteiger partial charge >= 0.3 is 6.09 Å². The van der Waals surface area contributed by atoms with Crippen molar-refractivity contribution in [2.24, 2.45) is 0 Å². The minimum Gasteiger partial charge on any atom is -0.508 e. The number of nitrogens with one attached hydrogen (secondary N) is 1. The zero-order chi connectivity index (χ0) is 9.84. The Labute approximate surface area is 76.1 Å². The molecule has 70 valence electrons. The van der Waals surface area contributed by atoms with Gasteiger partial charge in [0.25, 0.3) is 0 Å². The fourth-order valence-corrected chi connectivity index (χ4v) is 0.949. The highest BCUT2D eigenvalue weighted by molar-refractivity contribution is 5.85. The molecule has 0 radical (unpaired) electrons. The molecule has 0 spiro atoms. The van der Waals surface area contributed by atoms with Crippen LogP contribution in [0.1, 0.15) is 5.56 Å². The van der Waals surface area contributed by atoms with Crippen LogP contribution in [0.5, 0.6) is 5.75 Å². The number of hydrogen-bond donors (Lipinski definition) is 2. The number of benzene rings is 1. The van der Waals surface area contributed by atoms with Crippen LogP contribution in [0.15, 0.2) is 18.2 Å². The summed E-state index contributed by atoms with van der Waals surface area (Å²) in [7, 11) is 1.30. The predicted octanol–water partition coefficient (Wildman–Crippen LogP) is 1.88. The highest BCUT2D eigenvalue weighted by Gasteiger charge is 2.03. The first-order chi connectivity index (χ1) is 6.13. The molecule has 0 heterocycles. The van der Waals surface area contributed by atoms with Gasteiger partial charge in [-0.25, -0.2) is 4.79 Å². The van der Waals surface area contributed by atoms with E-state index in [1.807, 2.05) is 0 Å². The highest BCUT2D eigenvalue weighted by Crippen LogP contribution is 2.19. The lowest BCUT2D eigenvalue weighted by Gasteiger charge is -2.06. The second kappa shape index (κ2) is 3.80. The van der Waals surface area contributed by atoms with Gasteiger partial charge in [-0.1, -0.05) is 0 Å². The number of phenols is 1. The van der Waals surface area contributed by atoms with Gasteiger partial charge < -0.3 is 9.84 Å². The summed E-state index contributed by atoms with van der Waals surface area (Å²) in [5.74, 6) is 0.174. The number of ether oxygens (including phenoxy) is 1. The van der Waals surface area contributed by atoms with E-state index in [9.17, 15) is 4.79 Å². The van der Waals surface area contributed by atoms with E-state index in [1.165, 1.54) is 13.2 Å². The molecule has 1 rings (SSSR count). The summed E-state index contributed by atoms with van der Waals surface area (Å²) in [4.78, 5) is 10.8. The standard InChI is InChI=1S/C9H11NO3/c1-6-5-7(11)3-4-8(6)10-9(12)13-2/h3-5,11H,1-2H3,(H,10,12). The SMILES string of the molecule is COC(=O)Nc1ccc(O)cc1C. The van der Waals surface area contributed by atoms with Gasteiger partial charge in [0.2, 0.25) is 0 Å². The molecule has 13 heavy (non-hydrogen) atoms. The van der Waals surface area contributed by atoms with Gasteiger partial charge in [0.1, 0.15) is 5.75 Å². The van der Waals surface area contributed by atoms with E-state index in [1.54, 1.807) is 19.1 Å². The van der Waals surface area contributed by atoms with Crippen LogP contribution in [0, 0.1) is 6.92 Å². The number of aryl methyl sites for hydroxylation is 1. The molecular weight excluding hydrogens is 170 g/mol. The Morgan fingerprint density at radius 1 is 1.54 bits per heavy atom. The lowest BCUT2D eigenvalue weighted by molar-refractivity contribution is 0.187. The Kier molecular flexibility index (Phi) is 2.74. The molecule has 0 aliphatic rings. The van der Waals surface area contributed by atoms with Gasteiger partial charge in [0, 0.05) is 5.69 Å². The van der Waals surface area contributed by atoms with Crippen LogP contribution >= 0.6 is 0 Å². The van der Waals surface area contributed by atoms with Crippen LogP contribution in [-0.2, 0) is 4.74 Å². The molecule has 1 amide bonds. The largest absolute Gasteiger partial charge is 0.508 e. The highest BCUT2D eigenvalue weighted by atomic mass is 16.5. The van der Waals surface area contributed by atoms with Crippen molar-refractivity contribution < 1.29 is 14.6 Å². The number of aromatic hydroxyl groups is 1. The summed E-state index contributed by atoms with van der Waals surface area (Å²) in [6.45, 7) is 1.78. The first-order valence-electron chi connectivity index (χ1n) is 3.78. The molecule has 2 N–H and O–H groups in total. The topological polar surface area (TPSA) is 58.6 Å². The maximum absolute atomic E-state index is 10.8. The van der Waals surface area contributed by atoms with E-state index >= 15 is 0 Å². The molecule has 4 nitrogen and oxygen atoms in total. The summed E-state index contributed by atoms with van der Waals surface area (Å²) in [6, 6.07) is 4.67. The molecule has 0 bridgehead atoms. The minimum absolute atomic E-state index is 0.174. The maximum Gasteiger partial charge on any atom is 0.411 e. The third-order valence-electron chi connectivity index (χ3n) is 1.63. The summed E-state index contributed by atoms with van der Waals surface area (Å²) < 4.78 is 4.43. The van der Waals surface area contributed by atoms with Crippen LogP contribution in [0.4, 0.5) is 10.5 Å². The molecule has 0 unspecified atom stereocenters. The van der Waals surface area contributed by atoms with Crippen LogP contribution in [0.25, 0.3) is 0 Å². The number of phenolic OH excluding ortho intramolecular Hbond substituents is 1. The fourth-order valence-electron chi connectivity index (χ4n) is 0.949. The van der Waals surface area contributed by atoms with E-state index in [0.717, 1.165) is 5.56 Å². The molecule has 0 aromatic heterocycles. The van der Waals surface area contributed by atoms with Crippen molar-refractivity contribution in [3.8, 4) is 5.75 Å². The van der Waals surface area contributed by atoms with E-state index in [2.05, 4.69) is 10.1 Å². The Bertz CT molecular complexity index is 323. The number of amides is 1. The zero-order valence-electron chi connectivity index (χ0n) is 7.50. The average molecular weight is 181 g/mol. The fraction of sp³-hybridized carbons (Fsp3) is 0.222. The number of rotatable bonds is 1. The normalized spacial score (nSPS) is 9.38. The summed E-state index contributed by atoms with van der Waals surface area (Å²) in [5, 5.41) is 11.6. The third-order valence-corrected chi connectivity index (χ3v) is 1.63. The molecule has 0 atom stereocenters. The molecule has 1 aromatic rings. The summed E-state index contributed by atoms with van der Waals surface area (Å²) >= 11 is 0. The molecule has 0 saturated heterocycles. The van der Waals surface area contributed by atoms with Gasteiger partial charge in [-0.2, -0.15) is 0 Å². The van der Waals surface area contributed by atoms with E-state index in [4.69, 9.17) is 5.11 Å². The van der Waals surface area contributed by atoms with Gasteiger partial charge in [-0.15, -0.1) is 0 Å². The lowest BCUT2D eigenvalue weighted by Crippen LogP contribution is -2.11. The smallest absolute Gasteiger partial charge is 0.411 e. The van der Waals surface area contributed by atoms with Crippen LogP contribution in [0.2, 0.25) is 0 Å². The van der Waals surface area contributed by atoms with Crippen LogP contribution in [0.3, 0.4) is 0 Å². The lowest BCUT2D eigenvalue weighted by atomic mass is 10.2. The van der Waals surface area contributed by atoms with Gasteiger partial charge in [-0.05, 0) is 30.7 Å². The molecular formula is C9H11NO3. The Morgan fingerprint density at radius 3 is 2.77 bits per heavy atom. The summed E-state index contributed by atoms with van der Waals surface area (Å²) in [6.07, 6.45) is -0.520. The first kappa shape index (κ1) is 9.38. The van der Waals surface area contributed by atoms with Crippen molar-refractivity contribution >= 4 is 11.8 Å². The van der Waals surface area contributed by atoms with Crippen LogP contribution in [-0.4, -0.2) is 18.3 Å². The molecule has 4 heteroatoms. The number of anilines is 1. The van der Waals surface area contributed by atoms with Crippen molar-refractivity contribution in [1.29, 1.82) is 0 Å². The molecule has 0 aliphatic carbocycles. The minimum atomic E-state index is -0.520.